The molecule has 5 heteroatoms. The van der Waals surface area contributed by atoms with Crippen LogP contribution in [0.5, 0.6) is 0 Å². The van der Waals surface area contributed by atoms with Crippen molar-refractivity contribution in [2.75, 3.05) is 28.8 Å². The summed E-state index contributed by atoms with van der Waals surface area (Å²) in [5.74, 6) is 1.99. The molecule has 2 aromatic carbocycles. The van der Waals surface area contributed by atoms with Gasteiger partial charge in [0.2, 0.25) is 5.95 Å². The molecule has 3 heterocycles. The van der Waals surface area contributed by atoms with Crippen molar-refractivity contribution in [2.45, 2.75) is 64.7 Å². The van der Waals surface area contributed by atoms with E-state index in [-0.39, 0.29) is 5.41 Å². The van der Waals surface area contributed by atoms with E-state index < -0.39 is 0 Å². The Labute approximate surface area is 208 Å². The summed E-state index contributed by atoms with van der Waals surface area (Å²) in [6.45, 7) is 12.1. The quantitative estimate of drug-likeness (QED) is 0.370. The van der Waals surface area contributed by atoms with Gasteiger partial charge in [0.05, 0.1) is 5.69 Å². The number of hydrogen-bond acceptors (Lipinski definition) is 5. The molecule has 0 spiro atoms. The summed E-state index contributed by atoms with van der Waals surface area (Å²) in [7, 11) is 0. The second kappa shape index (κ2) is 9.61. The van der Waals surface area contributed by atoms with Gasteiger partial charge in [0, 0.05) is 35.7 Å². The molecule has 34 heavy (non-hydrogen) atoms. The van der Waals surface area contributed by atoms with Gasteiger partial charge in [0.15, 0.2) is 0 Å². The monoisotopic (exact) mass is 472 g/mol. The third-order valence-corrected chi connectivity index (χ3v) is 7.64. The molecule has 1 fully saturated rings. The number of nitrogens with zero attached hydrogens (tertiary/aromatic N) is 4. The van der Waals surface area contributed by atoms with Gasteiger partial charge >= 0.3 is 0 Å². The SMILES string of the molecule is Cc1ccc(SN2CCc3c(-c4cccc(CC(C)(C)C)c4)nc(N4CCCCC4)nc32)cc1. The summed E-state index contributed by atoms with van der Waals surface area (Å²) in [6, 6.07) is 17.8. The third-order valence-electron chi connectivity index (χ3n) is 6.58. The first kappa shape index (κ1) is 23.2. The van der Waals surface area contributed by atoms with E-state index in [0.29, 0.717) is 0 Å². The van der Waals surface area contributed by atoms with Crippen molar-refractivity contribution in [2.24, 2.45) is 5.41 Å². The number of benzene rings is 2. The Morgan fingerprint density at radius 2 is 1.68 bits per heavy atom. The van der Waals surface area contributed by atoms with E-state index in [1.807, 2.05) is 0 Å². The molecule has 1 aromatic heterocycles. The zero-order chi connectivity index (χ0) is 23.7. The lowest BCUT2D eigenvalue weighted by atomic mass is 9.87. The fourth-order valence-electron chi connectivity index (χ4n) is 4.95. The van der Waals surface area contributed by atoms with Gasteiger partial charge in [-0.15, -0.1) is 0 Å². The molecule has 2 aliphatic heterocycles. The number of aromatic nitrogens is 2. The predicted molar refractivity (Wildman–Crippen MR) is 145 cm³/mol. The summed E-state index contributed by atoms with van der Waals surface area (Å²) in [6.07, 6.45) is 5.78. The highest BCUT2D eigenvalue weighted by Gasteiger charge is 2.29. The number of hydrogen-bond donors (Lipinski definition) is 0. The summed E-state index contributed by atoms with van der Waals surface area (Å²) in [5, 5.41) is 0. The van der Waals surface area contributed by atoms with Crippen LogP contribution in [0.4, 0.5) is 11.8 Å². The van der Waals surface area contributed by atoms with Crippen LogP contribution in [-0.2, 0) is 12.8 Å². The van der Waals surface area contributed by atoms with Crippen LogP contribution in [0, 0.1) is 12.3 Å². The minimum Gasteiger partial charge on any atom is -0.341 e. The van der Waals surface area contributed by atoms with E-state index >= 15 is 0 Å². The van der Waals surface area contributed by atoms with Crippen molar-refractivity contribution in [3.8, 4) is 11.3 Å². The molecule has 2 aliphatic rings. The molecular weight excluding hydrogens is 436 g/mol. The fraction of sp³-hybridized carbons (Fsp3) is 0.448. The lowest BCUT2D eigenvalue weighted by Gasteiger charge is -2.28. The molecule has 0 amide bonds. The van der Waals surface area contributed by atoms with Gasteiger partial charge in [0.1, 0.15) is 5.82 Å². The molecule has 1 saturated heterocycles. The standard InChI is InChI=1S/C29H36N4S/c1-21-11-13-24(14-12-21)34-33-18-15-25-26(23-10-8-9-22(19-23)20-29(2,3)4)30-28(31-27(25)33)32-16-6-5-7-17-32/h8-14,19H,5-7,15-18,20H2,1-4H3. The Bertz CT molecular complexity index is 1140. The van der Waals surface area contributed by atoms with Crippen molar-refractivity contribution in [1.82, 2.24) is 9.97 Å². The van der Waals surface area contributed by atoms with Gasteiger partial charge < -0.3 is 4.90 Å². The van der Waals surface area contributed by atoms with Crippen LogP contribution < -0.4 is 9.21 Å². The number of rotatable bonds is 5. The molecule has 0 unspecified atom stereocenters. The van der Waals surface area contributed by atoms with Crippen molar-refractivity contribution in [1.29, 1.82) is 0 Å². The predicted octanol–water partition coefficient (Wildman–Crippen LogP) is 7.10. The number of fused-ring (bicyclic) bond motifs is 1. The van der Waals surface area contributed by atoms with Crippen LogP contribution in [0.3, 0.4) is 0 Å². The van der Waals surface area contributed by atoms with Gasteiger partial charge in [-0.3, -0.25) is 4.31 Å². The molecule has 0 bridgehead atoms. The summed E-state index contributed by atoms with van der Waals surface area (Å²) in [4.78, 5) is 14.0. The van der Waals surface area contributed by atoms with Gasteiger partial charge in [-0.1, -0.05) is 56.7 Å². The second-order valence-electron chi connectivity index (χ2n) is 10.9. The number of aryl methyl sites for hydroxylation is 1. The van der Waals surface area contributed by atoms with Crippen LogP contribution >= 0.6 is 11.9 Å². The summed E-state index contributed by atoms with van der Waals surface area (Å²) < 4.78 is 2.37. The van der Waals surface area contributed by atoms with Crippen molar-refractivity contribution >= 4 is 23.7 Å². The minimum atomic E-state index is 0.257. The zero-order valence-corrected chi connectivity index (χ0v) is 21.8. The third kappa shape index (κ3) is 5.25. The van der Waals surface area contributed by atoms with E-state index in [4.69, 9.17) is 9.97 Å². The molecule has 0 saturated carbocycles. The molecule has 4 nitrogen and oxygen atoms in total. The molecule has 0 N–H and O–H groups in total. The summed E-state index contributed by atoms with van der Waals surface area (Å²) in [5.41, 5.74) is 6.55. The highest BCUT2D eigenvalue weighted by Crippen LogP contribution is 2.41. The first-order valence-corrected chi connectivity index (χ1v) is 13.4. The van der Waals surface area contributed by atoms with Crippen molar-refractivity contribution < 1.29 is 0 Å². The smallest absolute Gasteiger partial charge is 0.227 e. The maximum Gasteiger partial charge on any atom is 0.227 e. The Hall–Kier alpha value is -2.53. The maximum atomic E-state index is 5.21. The van der Waals surface area contributed by atoms with Gasteiger partial charge in [-0.25, -0.2) is 4.98 Å². The first-order valence-electron chi connectivity index (χ1n) is 12.6. The normalized spacial score (nSPS) is 16.1. The van der Waals surface area contributed by atoms with Crippen LogP contribution in [0.15, 0.2) is 53.4 Å². The first-order chi connectivity index (χ1) is 16.4. The molecule has 5 rings (SSSR count). The maximum absolute atomic E-state index is 5.21. The number of anilines is 2. The van der Waals surface area contributed by atoms with Crippen molar-refractivity contribution in [3.63, 3.8) is 0 Å². The lowest BCUT2D eigenvalue weighted by molar-refractivity contribution is 0.411. The molecule has 178 valence electrons. The highest BCUT2D eigenvalue weighted by molar-refractivity contribution is 8.00. The lowest BCUT2D eigenvalue weighted by Crippen LogP contribution is -2.31. The fourth-order valence-corrected chi connectivity index (χ4v) is 5.88. The Balaban J connectivity index is 1.55. The topological polar surface area (TPSA) is 32.3 Å². The second-order valence-corrected chi connectivity index (χ2v) is 12.0. The molecular formula is C29H36N4S. The largest absolute Gasteiger partial charge is 0.341 e. The summed E-state index contributed by atoms with van der Waals surface area (Å²) >= 11 is 1.80. The van der Waals surface area contributed by atoms with Crippen LogP contribution in [0.2, 0.25) is 0 Å². The number of piperidine rings is 1. The van der Waals surface area contributed by atoms with E-state index in [9.17, 15) is 0 Å². The molecule has 3 aromatic rings. The van der Waals surface area contributed by atoms with Crippen LogP contribution in [-0.4, -0.2) is 29.6 Å². The van der Waals surface area contributed by atoms with Crippen LogP contribution in [0.1, 0.15) is 56.7 Å². The van der Waals surface area contributed by atoms with Gasteiger partial charge in [-0.2, -0.15) is 4.98 Å². The Morgan fingerprint density at radius 3 is 2.41 bits per heavy atom. The van der Waals surface area contributed by atoms with Crippen molar-refractivity contribution in [3.05, 3.63) is 65.2 Å². The minimum absolute atomic E-state index is 0.257. The average Bonchev–Trinajstić information content (AvgIpc) is 3.22. The van der Waals surface area contributed by atoms with Gasteiger partial charge in [0.25, 0.3) is 0 Å². The molecule has 0 atom stereocenters. The van der Waals surface area contributed by atoms with E-state index in [2.05, 4.69) is 85.4 Å². The Kier molecular flexibility index (Phi) is 6.57. The molecule has 0 radical (unpaired) electrons. The van der Waals surface area contributed by atoms with E-state index in [1.54, 1.807) is 11.9 Å². The average molecular weight is 473 g/mol. The van der Waals surface area contributed by atoms with Gasteiger partial charge in [-0.05, 0) is 80.2 Å². The van der Waals surface area contributed by atoms with E-state index in [1.165, 1.54) is 46.4 Å². The van der Waals surface area contributed by atoms with E-state index in [0.717, 1.165) is 49.9 Å². The van der Waals surface area contributed by atoms with Crippen LogP contribution in [0.25, 0.3) is 11.3 Å². The highest BCUT2D eigenvalue weighted by atomic mass is 32.2. The molecule has 0 aliphatic carbocycles. The zero-order valence-electron chi connectivity index (χ0n) is 21.0. The Morgan fingerprint density at radius 1 is 0.912 bits per heavy atom.